The van der Waals surface area contributed by atoms with Crippen molar-refractivity contribution in [3.05, 3.63) is 51.7 Å². The number of piperidine rings is 1. The van der Waals surface area contributed by atoms with Crippen LogP contribution in [0.3, 0.4) is 0 Å². The smallest absolute Gasteiger partial charge is 0.251 e. The molecule has 1 aliphatic heterocycles. The first-order chi connectivity index (χ1) is 13.1. The van der Waals surface area contributed by atoms with Crippen LogP contribution in [0.1, 0.15) is 49.7 Å². The Morgan fingerprint density at radius 1 is 1.26 bits per heavy atom. The highest BCUT2D eigenvalue weighted by Gasteiger charge is 2.24. The second-order valence-electron chi connectivity index (χ2n) is 6.97. The highest BCUT2D eigenvalue weighted by Crippen LogP contribution is 2.30. The second kappa shape index (κ2) is 9.04. The molecule has 1 aliphatic rings. The minimum Gasteiger partial charge on any atom is -0.493 e. The number of hydrogen-bond donors (Lipinski definition) is 1. The van der Waals surface area contributed by atoms with Crippen LogP contribution in [0, 0.1) is 0 Å². The number of aromatic nitrogens is 2. The first-order valence-corrected chi connectivity index (χ1v) is 9.75. The van der Waals surface area contributed by atoms with Crippen molar-refractivity contribution in [2.75, 3.05) is 26.8 Å². The Kier molecular flexibility index (Phi) is 6.50. The van der Waals surface area contributed by atoms with Crippen molar-refractivity contribution in [3.63, 3.8) is 0 Å². The normalized spacial score (nSPS) is 17.7. The van der Waals surface area contributed by atoms with E-state index in [1.165, 1.54) is 5.56 Å². The van der Waals surface area contributed by atoms with Gasteiger partial charge in [-0.05, 0) is 50.4 Å². The summed E-state index contributed by atoms with van der Waals surface area (Å²) < 4.78 is 11.1. The van der Waals surface area contributed by atoms with E-state index in [0.717, 1.165) is 61.9 Å². The average molecular weight is 371 g/mol. The third-order valence-electron chi connectivity index (χ3n) is 5.00. The van der Waals surface area contributed by atoms with Gasteiger partial charge in [-0.3, -0.25) is 9.69 Å². The molecule has 0 spiro atoms. The first kappa shape index (κ1) is 19.4. The average Bonchev–Trinajstić information content (AvgIpc) is 2.68. The Morgan fingerprint density at radius 3 is 2.85 bits per heavy atom. The van der Waals surface area contributed by atoms with Crippen molar-refractivity contribution in [3.8, 4) is 11.5 Å². The molecule has 0 aliphatic carbocycles. The van der Waals surface area contributed by atoms with Crippen LogP contribution in [-0.4, -0.2) is 41.7 Å². The number of H-pyrrole nitrogens is 1. The number of methoxy groups -OCH3 is 1. The number of benzene rings is 1. The largest absolute Gasteiger partial charge is 0.493 e. The summed E-state index contributed by atoms with van der Waals surface area (Å²) in [6, 6.07) is 7.70. The lowest BCUT2D eigenvalue weighted by Crippen LogP contribution is -2.35. The summed E-state index contributed by atoms with van der Waals surface area (Å²) in [6.07, 6.45) is 2.93. The van der Waals surface area contributed by atoms with Gasteiger partial charge in [-0.15, -0.1) is 0 Å². The Hall–Kier alpha value is -2.34. The van der Waals surface area contributed by atoms with Crippen LogP contribution in [0.25, 0.3) is 0 Å². The predicted octanol–water partition coefficient (Wildman–Crippen LogP) is 3.12. The van der Waals surface area contributed by atoms with E-state index in [2.05, 4.69) is 27.0 Å². The van der Waals surface area contributed by atoms with Gasteiger partial charge in [0.25, 0.3) is 5.56 Å². The summed E-state index contributed by atoms with van der Waals surface area (Å²) >= 11 is 0. The number of nitrogens with one attached hydrogen (secondary N) is 1. The maximum Gasteiger partial charge on any atom is 0.251 e. The maximum atomic E-state index is 11.9. The number of aryl methyl sites for hydroxylation is 1. The van der Waals surface area contributed by atoms with Gasteiger partial charge < -0.3 is 14.5 Å². The van der Waals surface area contributed by atoms with Gasteiger partial charge >= 0.3 is 0 Å². The SMILES string of the molecule is CCOc1cc(CN2CCC[C@@H](c3nc(CC)cc(=O)[nH]3)C2)ccc1OC. The summed E-state index contributed by atoms with van der Waals surface area (Å²) in [4.78, 5) is 21.9. The van der Waals surface area contributed by atoms with Crippen molar-refractivity contribution < 1.29 is 9.47 Å². The molecule has 1 aromatic carbocycles. The molecule has 1 N–H and O–H groups in total. The van der Waals surface area contributed by atoms with Crippen LogP contribution in [-0.2, 0) is 13.0 Å². The number of likely N-dealkylation sites (tertiary alicyclic amines) is 1. The monoisotopic (exact) mass is 371 g/mol. The Labute approximate surface area is 160 Å². The van der Waals surface area contributed by atoms with E-state index < -0.39 is 0 Å². The highest BCUT2D eigenvalue weighted by molar-refractivity contribution is 5.43. The van der Waals surface area contributed by atoms with Gasteiger partial charge in [-0.1, -0.05) is 13.0 Å². The molecule has 1 atom stereocenters. The lowest BCUT2D eigenvalue weighted by Gasteiger charge is -2.32. The van der Waals surface area contributed by atoms with Crippen molar-refractivity contribution in [1.29, 1.82) is 0 Å². The van der Waals surface area contributed by atoms with Gasteiger partial charge in [0.05, 0.1) is 13.7 Å². The fourth-order valence-corrected chi connectivity index (χ4v) is 3.67. The van der Waals surface area contributed by atoms with E-state index in [-0.39, 0.29) is 11.5 Å². The molecule has 6 heteroatoms. The molecule has 0 bridgehead atoms. The van der Waals surface area contributed by atoms with Crippen LogP contribution >= 0.6 is 0 Å². The summed E-state index contributed by atoms with van der Waals surface area (Å²) in [5.41, 5.74) is 2.01. The zero-order valence-electron chi connectivity index (χ0n) is 16.5. The number of hydrogen-bond acceptors (Lipinski definition) is 5. The van der Waals surface area contributed by atoms with Gasteiger partial charge in [0.1, 0.15) is 5.82 Å². The molecule has 0 amide bonds. The van der Waals surface area contributed by atoms with Crippen LogP contribution < -0.4 is 15.0 Å². The maximum absolute atomic E-state index is 11.9. The number of rotatable bonds is 7. The Morgan fingerprint density at radius 2 is 2.11 bits per heavy atom. The molecule has 146 valence electrons. The van der Waals surface area contributed by atoms with E-state index >= 15 is 0 Å². The lowest BCUT2D eigenvalue weighted by molar-refractivity contribution is 0.196. The molecule has 2 aromatic rings. The van der Waals surface area contributed by atoms with E-state index in [0.29, 0.717) is 6.61 Å². The summed E-state index contributed by atoms with van der Waals surface area (Å²) in [6.45, 7) is 7.39. The molecular weight excluding hydrogens is 342 g/mol. The first-order valence-electron chi connectivity index (χ1n) is 9.75. The number of ether oxygens (including phenoxy) is 2. The third-order valence-corrected chi connectivity index (χ3v) is 5.00. The molecule has 1 saturated heterocycles. The zero-order chi connectivity index (χ0) is 19.2. The molecule has 2 heterocycles. The molecular formula is C21H29N3O3. The molecule has 1 fully saturated rings. The van der Waals surface area contributed by atoms with Gasteiger partial charge in [0.15, 0.2) is 11.5 Å². The van der Waals surface area contributed by atoms with Crippen molar-refractivity contribution >= 4 is 0 Å². The van der Waals surface area contributed by atoms with Crippen LogP contribution in [0.2, 0.25) is 0 Å². The van der Waals surface area contributed by atoms with Gasteiger partial charge in [0, 0.05) is 30.8 Å². The van der Waals surface area contributed by atoms with Gasteiger partial charge in [-0.2, -0.15) is 0 Å². The zero-order valence-corrected chi connectivity index (χ0v) is 16.5. The number of nitrogens with zero attached hydrogens (tertiary/aromatic N) is 2. The van der Waals surface area contributed by atoms with E-state index in [1.54, 1.807) is 13.2 Å². The predicted molar refractivity (Wildman–Crippen MR) is 106 cm³/mol. The summed E-state index contributed by atoms with van der Waals surface area (Å²) in [5.74, 6) is 2.64. The van der Waals surface area contributed by atoms with Crippen molar-refractivity contribution in [2.24, 2.45) is 0 Å². The fraction of sp³-hybridized carbons (Fsp3) is 0.524. The molecule has 27 heavy (non-hydrogen) atoms. The van der Waals surface area contributed by atoms with Crippen LogP contribution in [0.5, 0.6) is 11.5 Å². The third kappa shape index (κ3) is 4.89. The van der Waals surface area contributed by atoms with Gasteiger partial charge in [0.2, 0.25) is 0 Å². The molecule has 0 saturated carbocycles. The molecule has 0 unspecified atom stereocenters. The standard InChI is InChI=1S/C21H29N3O3/c1-4-17-12-20(25)23-21(22-17)16-7-6-10-24(14-16)13-15-8-9-18(26-3)19(11-15)27-5-2/h8-9,11-12,16H,4-7,10,13-14H2,1-3H3,(H,22,23,25)/t16-/m1/s1. The quantitative estimate of drug-likeness (QED) is 0.810. The highest BCUT2D eigenvalue weighted by atomic mass is 16.5. The van der Waals surface area contributed by atoms with E-state index in [1.807, 2.05) is 19.9 Å². The van der Waals surface area contributed by atoms with Crippen LogP contribution in [0.15, 0.2) is 29.1 Å². The summed E-state index contributed by atoms with van der Waals surface area (Å²) in [5, 5.41) is 0. The van der Waals surface area contributed by atoms with Crippen LogP contribution in [0.4, 0.5) is 0 Å². The fourth-order valence-electron chi connectivity index (χ4n) is 3.67. The Balaban J connectivity index is 1.72. The van der Waals surface area contributed by atoms with Crippen molar-refractivity contribution in [2.45, 2.75) is 45.6 Å². The minimum absolute atomic E-state index is 0.0505. The minimum atomic E-state index is -0.0505. The number of aromatic amines is 1. The Bertz CT molecular complexity index is 819. The molecule has 1 aromatic heterocycles. The van der Waals surface area contributed by atoms with E-state index in [9.17, 15) is 4.79 Å². The summed E-state index contributed by atoms with van der Waals surface area (Å²) in [7, 11) is 1.66. The molecule has 0 radical (unpaired) electrons. The molecule has 3 rings (SSSR count). The topological polar surface area (TPSA) is 67.5 Å². The second-order valence-corrected chi connectivity index (χ2v) is 6.97. The van der Waals surface area contributed by atoms with Gasteiger partial charge in [-0.25, -0.2) is 4.98 Å². The lowest BCUT2D eigenvalue weighted by atomic mass is 9.96. The molecule has 6 nitrogen and oxygen atoms in total. The van der Waals surface area contributed by atoms with Crippen molar-refractivity contribution in [1.82, 2.24) is 14.9 Å². The van der Waals surface area contributed by atoms with E-state index in [4.69, 9.17) is 9.47 Å².